The molecule has 0 spiro atoms. The summed E-state index contributed by atoms with van der Waals surface area (Å²) in [5.74, 6) is -1.54. The number of nitrogens with one attached hydrogen (secondary N) is 2. The topological polar surface area (TPSA) is 101 Å². The van der Waals surface area contributed by atoms with Gasteiger partial charge >= 0.3 is 0 Å². The van der Waals surface area contributed by atoms with Crippen molar-refractivity contribution < 1.29 is 19.4 Å². The summed E-state index contributed by atoms with van der Waals surface area (Å²) in [5.41, 5.74) is 4.10. The van der Waals surface area contributed by atoms with Crippen LogP contribution in [0.5, 0.6) is 11.6 Å². The van der Waals surface area contributed by atoms with E-state index in [0.717, 1.165) is 0 Å². The fourth-order valence-corrected chi connectivity index (χ4v) is 2.11. The van der Waals surface area contributed by atoms with Gasteiger partial charge in [0.15, 0.2) is 5.69 Å². The molecule has 2 rings (SSSR count). The molecule has 24 heavy (non-hydrogen) atoms. The van der Waals surface area contributed by atoms with E-state index in [0.29, 0.717) is 6.61 Å². The van der Waals surface area contributed by atoms with Gasteiger partial charge in [0, 0.05) is 11.1 Å². The van der Waals surface area contributed by atoms with Crippen molar-refractivity contribution in [3.05, 3.63) is 51.6 Å². The average Bonchev–Trinajstić information content (AvgIpc) is 2.56. The Balaban J connectivity index is 2.09. The van der Waals surface area contributed by atoms with Crippen molar-refractivity contribution in [1.29, 1.82) is 0 Å². The van der Waals surface area contributed by atoms with Gasteiger partial charge in [0.25, 0.3) is 11.8 Å². The molecule has 2 aromatic rings. The highest BCUT2D eigenvalue weighted by molar-refractivity contribution is 6.33. The number of aromatic hydroxyl groups is 1. The Kier molecular flexibility index (Phi) is 5.83. The number of hydrogen-bond acceptors (Lipinski definition) is 5. The lowest BCUT2D eigenvalue weighted by molar-refractivity contribution is 0.0842. The molecule has 0 radical (unpaired) electrons. The van der Waals surface area contributed by atoms with Crippen LogP contribution in [0.1, 0.15) is 27.8 Å². The molecule has 126 valence electrons. The number of nitrogens with zero attached hydrogens (tertiary/aromatic N) is 1. The summed E-state index contributed by atoms with van der Waals surface area (Å²) in [6.45, 7) is 2.15. The molecule has 0 aliphatic rings. The van der Waals surface area contributed by atoms with Crippen molar-refractivity contribution in [3.8, 4) is 11.6 Å². The van der Waals surface area contributed by atoms with E-state index in [9.17, 15) is 14.7 Å². The molecule has 0 bridgehead atoms. The van der Waals surface area contributed by atoms with Crippen molar-refractivity contribution in [1.82, 2.24) is 15.8 Å². The lowest BCUT2D eigenvalue weighted by Crippen LogP contribution is -2.42. The summed E-state index contributed by atoms with van der Waals surface area (Å²) in [6.07, 6.45) is 0. The first-order valence-corrected chi connectivity index (χ1v) is 7.56. The monoisotopic (exact) mass is 369 g/mol. The summed E-state index contributed by atoms with van der Waals surface area (Å²) in [5, 5.41) is 10.0. The van der Waals surface area contributed by atoms with Crippen LogP contribution in [0.15, 0.2) is 30.3 Å². The molecule has 0 saturated carbocycles. The Bertz CT molecular complexity index is 783. The molecular weight excluding hydrogens is 357 g/mol. The van der Waals surface area contributed by atoms with E-state index >= 15 is 0 Å². The van der Waals surface area contributed by atoms with Crippen LogP contribution in [-0.2, 0) is 0 Å². The van der Waals surface area contributed by atoms with Crippen molar-refractivity contribution in [2.75, 3.05) is 6.61 Å². The van der Waals surface area contributed by atoms with Gasteiger partial charge in [-0.25, -0.2) is 4.98 Å². The minimum atomic E-state index is -0.750. The molecule has 0 aliphatic heterocycles. The molecule has 7 nitrogen and oxygen atoms in total. The standard InChI is InChI=1S/C15H13Cl2N3O4/c1-2-24-12-6-4-10(17)13(18-12)15(23)20-19-14(22)9-7-8(16)3-5-11(9)21/h3-7,21H,2H2,1H3,(H,19,22)(H,20,23). The van der Waals surface area contributed by atoms with E-state index in [1.807, 2.05) is 0 Å². The Morgan fingerprint density at radius 1 is 1.17 bits per heavy atom. The largest absolute Gasteiger partial charge is 0.507 e. The molecule has 0 atom stereocenters. The number of aromatic nitrogens is 1. The highest BCUT2D eigenvalue weighted by atomic mass is 35.5. The number of amides is 2. The number of hydrazine groups is 1. The number of rotatable bonds is 4. The Hall–Kier alpha value is -2.51. The van der Waals surface area contributed by atoms with E-state index in [2.05, 4.69) is 15.8 Å². The lowest BCUT2D eigenvalue weighted by atomic mass is 10.2. The summed E-state index contributed by atoms with van der Waals surface area (Å²) >= 11 is 11.7. The van der Waals surface area contributed by atoms with Crippen LogP contribution in [0, 0.1) is 0 Å². The third-order valence-electron chi connectivity index (χ3n) is 2.82. The number of halogens is 2. The predicted octanol–water partition coefficient (Wildman–Crippen LogP) is 2.57. The Morgan fingerprint density at radius 2 is 1.88 bits per heavy atom. The predicted molar refractivity (Wildman–Crippen MR) is 88.5 cm³/mol. The molecule has 1 aromatic heterocycles. The fourth-order valence-electron chi connectivity index (χ4n) is 1.74. The number of phenolic OH excluding ortho intramolecular Hbond substituents is 1. The SMILES string of the molecule is CCOc1ccc(Cl)c(C(=O)NNC(=O)c2cc(Cl)ccc2O)n1. The summed E-state index contributed by atoms with van der Waals surface area (Å²) in [7, 11) is 0. The highest BCUT2D eigenvalue weighted by Gasteiger charge is 2.17. The van der Waals surface area contributed by atoms with Crippen LogP contribution in [0.4, 0.5) is 0 Å². The maximum absolute atomic E-state index is 12.1. The van der Waals surface area contributed by atoms with Gasteiger partial charge in [-0.2, -0.15) is 0 Å². The van der Waals surface area contributed by atoms with Gasteiger partial charge in [0.2, 0.25) is 5.88 Å². The summed E-state index contributed by atoms with van der Waals surface area (Å²) in [6, 6.07) is 6.93. The molecule has 0 aliphatic carbocycles. The number of ether oxygens (including phenoxy) is 1. The van der Waals surface area contributed by atoms with Crippen molar-refractivity contribution >= 4 is 35.0 Å². The van der Waals surface area contributed by atoms with Gasteiger partial charge in [-0.1, -0.05) is 23.2 Å². The van der Waals surface area contributed by atoms with Gasteiger partial charge in [-0.15, -0.1) is 0 Å². The molecule has 9 heteroatoms. The van der Waals surface area contributed by atoms with Gasteiger partial charge < -0.3 is 9.84 Å². The third-order valence-corrected chi connectivity index (χ3v) is 3.36. The Labute approximate surface area is 147 Å². The molecule has 3 N–H and O–H groups in total. The maximum Gasteiger partial charge on any atom is 0.289 e. The number of carbonyl (C=O) groups excluding carboxylic acids is 2. The van der Waals surface area contributed by atoms with Crippen molar-refractivity contribution in [3.63, 3.8) is 0 Å². The first kappa shape index (κ1) is 17.8. The van der Waals surface area contributed by atoms with Gasteiger partial charge in [-0.3, -0.25) is 20.4 Å². The highest BCUT2D eigenvalue weighted by Crippen LogP contribution is 2.21. The van der Waals surface area contributed by atoms with Gasteiger partial charge in [0.1, 0.15) is 5.75 Å². The minimum Gasteiger partial charge on any atom is -0.507 e. The number of phenols is 1. The maximum atomic E-state index is 12.1. The van der Waals surface area contributed by atoms with Crippen LogP contribution in [0.3, 0.4) is 0 Å². The third kappa shape index (κ3) is 4.27. The molecule has 0 unspecified atom stereocenters. The van der Waals surface area contributed by atoms with E-state index in [1.54, 1.807) is 6.92 Å². The zero-order chi connectivity index (χ0) is 17.7. The normalized spacial score (nSPS) is 10.1. The van der Waals surface area contributed by atoms with Crippen LogP contribution in [-0.4, -0.2) is 28.5 Å². The summed E-state index contributed by atoms with van der Waals surface area (Å²) in [4.78, 5) is 28.0. The number of benzene rings is 1. The lowest BCUT2D eigenvalue weighted by Gasteiger charge is -2.10. The molecule has 1 heterocycles. The molecule has 2 amide bonds. The zero-order valence-corrected chi connectivity index (χ0v) is 14.0. The molecule has 1 aromatic carbocycles. The van der Waals surface area contributed by atoms with Crippen LogP contribution in [0.2, 0.25) is 10.0 Å². The van der Waals surface area contributed by atoms with Crippen LogP contribution < -0.4 is 15.6 Å². The van der Waals surface area contributed by atoms with Crippen LogP contribution in [0.25, 0.3) is 0 Å². The number of carbonyl (C=O) groups is 2. The van der Waals surface area contributed by atoms with E-state index in [1.165, 1.54) is 30.3 Å². The molecular formula is C15H13Cl2N3O4. The van der Waals surface area contributed by atoms with Crippen molar-refractivity contribution in [2.45, 2.75) is 6.92 Å². The average molecular weight is 370 g/mol. The second-order valence-corrected chi connectivity index (χ2v) is 5.33. The second-order valence-electron chi connectivity index (χ2n) is 4.48. The van der Waals surface area contributed by atoms with Crippen LogP contribution >= 0.6 is 23.2 Å². The molecule has 0 fully saturated rings. The van der Waals surface area contributed by atoms with E-state index in [4.69, 9.17) is 27.9 Å². The van der Waals surface area contributed by atoms with E-state index in [-0.39, 0.29) is 32.9 Å². The van der Waals surface area contributed by atoms with E-state index < -0.39 is 11.8 Å². The Morgan fingerprint density at radius 3 is 2.58 bits per heavy atom. The van der Waals surface area contributed by atoms with Crippen molar-refractivity contribution in [2.24, 2.45) is 0 Å². The quantitative estimate of drug-likeness (QED) is 0.719. The number of pyridine rings is 1. The van der Waals surface area contributed by atoms with Gasteiger partial charge in [-0.05, 0) is 31.2 Å². The smallest absolute Gasteiger partial charge is 0.289 e. The first-order valence-electron chi connectivity index (χ1n) is 6.81. The second kappa shape index (κ2) is 7.85. The minimum absolute atomic E-state index is 0.0927. The first-order chi connectivity index (χ1) is 11.4. The zero-order valence-electron chi connectivity index (χ0n) is 12.5. The summed E-state index contributed by atoms with van der Waals surface area (Å²) < 4.78 is 5.19. The fraction of sp³-hybridized carbons (Fsp3) is 0.133. The number of hydrogen-bond donors (Lipinski definition) is 3. The molecule has 0 saturated heterocycles. The van der Waals surface area contributed by atoms with Gasteiger partial charge in [0.05, 0.1) is 17.2 Å².